The second-order valence-corrected chi connectivity index (χ2v) is 8.78. The van der Waals surface area contributed by atoms with Crippen LogP contribution >= 0.6 is 11.3 Å². The van der Waals surface area contributed by atoms with Crippen LogP contribution in [0.5, 0.6) is 0 Å². The molecule has 148 valence electrons. The monoisotopic (exact) mass is 414 g/mol. The van der Waals surface area contributed by atoms with Gasteiger partial charge in [-0.3, -0.25) is 9.36 Å². The molecule has 0 radical (unpaired) electrons. The van der Waals surface area contributed by atoms with E-state index in [9.17, 15) is 9.59 Å². The third-order valence-electron chi connectivity index (χ3n) is 6.10. The number of hydrogen-bond donors (Lipinski definition) is 0. The summed E-state index contributed by atoms with van der Waals surface area (Å²) in [4.78, 5) is 31.9. The van der Waals surface area contributed by atoms with Crippen LogP contribution in [0, 0.1) is 6.92 Å². The number of aryl methyl sites for hydroxylation is 2. The van der Waals surface area contributed by atoms with Gasteiger partial charge in [-0.05, 0) is 30.0 Å². The normalized spacial score (nSPS) is 14.6. The number of fused-ring (bicyclic) bond motifs is 5. The molecule has 3 heterocycles. The molecule has 6 heteroatoms. The van der Waals surface area contributed by atoms with Gasteiger partial charge in [-0.2, -0.15) is 0 Å². The summed E-state index contributed by atoms with van der Waals surface area (Å²) < 4.78 is 7.77. The molecule has 0 fully saturated rings. The number of carbonyl (C=O) groups is 1. The fourth-order valence-corrected chi connectivity index (χ4v) is 5.74. The van der Waals surface area contributed by atoms with Crippen LogP contribution in [0.2, 0.25) is 0 Å². The molecule has 0 amide bonds. The molecule has 0 atom stereocenters. The number of benzene rings is 2. The lowest BCUT2D eigenvalue weighted by atomic mass is 10.1. The molecule has 30 heavy (non-hydrogen) atoms. The first kappa shape index (κ1) is 17.6. The molecule has 2 aliphatic rings. The molecule has 6 rings (SSSR count). The Kier molecular flexibility index (Phi) is 3.74. The van der Waals surface area contributed by atoms with Gasteiger partial charge in [-0.25, -0.2) is 9.78 Å². The number of thiophene rings is 1. The van der Waals surface area contributed by atoms with Gasteiger partial charge < -0.3 is 4.74 Å². The maximum absolute atomic E-state index is 13.2. The van der Waals surface area contributed by atoms with Gasteiger partial charge in [0.2, 0.25) is 0 Å². The summed E-state index contributed by atoms with van der Waals surface area (Å²) in [7, 11) is 0. The Morgan fingerprint density at radius 2 is 1.77 bits per heavy atom. The van der Waals surface area contributed by atoms with Crippen molar-refractivity contribution in [1.29, 1.82) is 0 Å². The zero-order valence-corrected chi connectivity index (χ0v) is 17.2. The molecule has 4 aromatic rings. The number of carbonyl (C=O) groups excluding carboxylic acids is 1. The molecule has 2 aromatic carbocycles. The quantitative estimate of drug-likeness (QED) is 0.449. The highest BCUT2D eigenvalue weighted by Gasteiger charge is 2.33. The van der Waals surface area contributed by atoms with Gasteiger partial charge in [0.05, 0.1) is 5.39 Å². The molecular formula is C24H18N2O3S. The molecule has 2 aromatic heterocycles. The lowest BCUT2D eigenvalue weighted by Crippen LogP contribution is -2.20. The molecule has 0 unspecified atom stereocenters. The third kappa shape index (κ3) is 2.37. The first-order chi connectivity index (χ1) is 14.6. The Morgan fingerprint density at radius 1 is 1.10 bits per heavy atom. The molecular weight excluding hydrogens is 396 g/mol. The van der Waals surface area contributed by atoms with Gasteiger partial charge in [0.1, 0.15) is 15.5 Å². The van der Waals surface area contributed by atoms with Gasteiger partial charge in [0.25, 0.3) is 5.56 Å². The van der Waals surface area contributed by atoms with Crippen molar-refractivity contribution in [3.8, 4) is 11.1 Å². The summed E-state index contributed by atoms with van der Waals surface area (Å²) in [6.07, 6.45) is 1.29. The lowest BCUT2D eigenvalue weighted by molar-refractivity contribution is 0.0391. The Hall–Kier alpha value is -3.25. The molecule has 1 aliphatic heterocycles. The van der Waals surface area contributed by atoms with E-state index < -0.39 is 12.1 Å². The van der Waals surface area contributed by atoms with Crippen LogP contribution in [-0.4, -0.2) is 15.5 Å². The van der Waals surface area contributed by atoms with Crippen molar-refractivity contribution in [3.63, 3.8) is 0 Å². The number of hydrogen-bond acceptors (Lipinski definition) is 5. The van der Waals surface area contributed by atoms with Crippen molar-refractivity contribution < 1.29 is 9.53 Å². The number of aromatic nitrogens is 2. The zero-order valence-electron chi connectivity index (χ0n) is 16.3. The maximum atomic E-state index is 13.2. The minimum atomic E-state index is -0.450. The van der Waals surface area contributed by atoms with E-state index in [0.29, 0.717) is 27.2 Å². The minimum Gasteiger partial charge on any atom is -0.448 e. The van der Waals surface area contributed by atoms with Crippen LogP contribution in [0.1, 0.15) is 44.7 Å². The molecule has 5 nitrogen and oxygen atoms in total. The van der Waals surface area contributed by atoms with Gasteiger partial charge >= 0.3 is 5.97 Å². The highest BCUT2D eigenvalue weighted by molar-refractivity contribution is 7.20. The average molecular weight is 414 g/mol. The Labute approximate surface area is 176 Å². The van der Waals surface area contributed by atoms with E-state index in [2.05, 4.69) is 17.1 Å². The summed E-state index contributed by atoms with van der Waals surface area (Å²) in [5.74, 6) is 0.406. The van der Waals surface area contributed by atoms with Gasteiger partial charge in [0, 0.05) is 24.1 Å². The number of esters is 1. The Balaban J connectivity index is 1.43. The van der Waals surface area contributed by atoms with E-state index in [-0.39, 0.29) is 5.56 Å². The first-order valence-corrected chi connectivity index (χ1v) is 10.9. The smallest absolute Gasteiger partial charge is 0.349 e. The molecule has 0 spiro atoms. The highest BCUT2D eigenvalue weighted by atomic mass is 32.1. The third-order valence-corrected chi connectivity index (χ3v) is 7.26. The van der Waals surface area contributed by atoms with Crippen molar-refractivity contribution in [2.75, 3.05) is 0 Å². The molecule has 0 saturated carbocycles. The van der Waals surface area contributed by atoms with Crippen molar-refractivity contribution in [3.05, 3.63) is 86.3 Å². The van der Waals surface area contributed by atoms with E-state index in [1.807, 2.05) is 43.3 Å². The van der Waals surface area contributed by atoms with E-state index >= 15 is 0 Å². The first-order valence-electron chi connectivity index (χ1n) is 10.1. The summed E-state index contributed by atoms with van der Waals surface area (Å²) in [6.45, 7) is 2.51. The SMILES string of the molecule is Cc1c(C(=O)OC2c3ccccc3-c3ccccc32)sc2nc3n(c(=O)c12)CCC3. The van der Waals surface area contributed by atoms with E-state index in [4.69, 9.17) is 4.74 Å². The van der Waals surface area contributed by atoms with E-state index in [0.717, 1.165) is 40.9 Å². The summed E-state index contributed by atoms with van der Waals surface area (Å²) in [6, 6.07) is 16.0. The second-order valence-electron chi connectivity index (χ2n) is 7.78. The second kappa shape index (κ2) is 6.37. The Bertz CT molecular complexity index is 1370. The van der Waals surface area contributed by atoms with Crippen LogP contribution in [0.25, 0.3) is 21.3 Å². The number of nitrogens with zero attached hydrogens (tertiary/aromatic N) is 2. The number of ether oxygens (including phenoxy) is 1. The van der Waals surface area contributed by atoms with Crippen molar-refractivity contribution >= 4 is 27.5 Å². The predicted molar refractivity (Wildman–Crippen MR) is 116 cm³/mol. The lowest BCUT2D eigenvalue weighted by Gasteiger charge is -2.14. The largest absolute Gasteiger partial charge is 0.448 e. The average Bonchev–Trinajstić information content (AvgIpc) is 3.44. The number of rotatable bonds is 2. The summed E-state index contributed by atoms with van der Waals surface area (Å²) in [5, 5.41) is 0.546. The van der Waals surface area contributed by atoms with Crippen molar-refractivity contribution in [1.82, 2.24) is 9.55 Å². The maximum Gasteiger partial charge on any atom is 0.349 e. The van der Waals surface area contributed by atoms with Gasteiger partial charge in [-0.15, -0.1) is 11.3 Å². The topological polar surface area (TPSA) is 61.2 Å². The van der Waals surface area contributed by atoms with E-state index in [1.165, 1.54) is 11.3 Å². The molecule has 1 aliphatic carbocycles. The summed E-state index contributed by atoms with van der Waals surface area (Å²) >= 11 is 1.26. The summed E-state index contributed by atoms with van der Waals surface area (Å²) in [5.41, 5.74) is 4.78. The van der Waals surface area contributed by atoms with Crippen LogP contribution in [-0.2, 0) is 17.7 Å². The highest BCUT2D eigenvalue weighted by Crippen LogP contribution is 2.45. The van der Waals surface area contributed by atoms with Crippen molar-refractivity contribution in [2.24, 2.45) is 0 Å². The van der Waals surface area contributed by atoms with Crippen LogP contribution < -0.4 is 5.56 Å². The van der Waals surface area contributed by atoms with E-state index in [1.54, 1.807) is 4.57 Å². The van der Waals surface area contributed by atoms with Gasteiger partial charge in [0.15, 0.2) is 6.10 Å². The van der Waals surface area contributed by atoms with Crippen LogP contribution in [0.3, 0.4) is 0 Å². The predicted octanol–water partition coefficient (Wildman–Crippen LogP) is 4.64. The minimum absolute atomic E-state index is 0.0446. The van der Waals surface area contributed by atoms with Crippen LogP contribution in [0.4, 0.5) is 0 Å². The fraction of sp³-hybridized carbons (Fsp3) is 0.208. The zero-order chi connectivity index (χ0) is 20.4. The molecule has 0 saturated heterocycles. The molecule has 0 bridgehead atoms. The molecule has 0 N–H and O–H groups in total. The van der Waals surface area contributed by atoms with Gasteiger partial charge in [-0.1, -0.05) is 48.5 Å². The fourth-order valence-electron chi connectivity index (χ4n) is 4.67. The standard InChI is InChI=1S/C24H18N2O3S/c1-13-19-22(25-18-11-6-12-26(18)23(19)27)30-21(13)24(28)29-20-16-9-4-2-7-14(16)15-8-3-5-10-17(15)20/h2-5,7-10,20H,6,11-12H2,1H3. The van der Waals surface area contributed by atoms with Crippen molar-refractivity contribution in [2.45, 2.75) is 32.4 Å². The van der Waals surface area contributed by atoms with Crippen LogP contribution in [0.15, 0.2) is 53.3 Å². The Morgan fingerprint density at radius 3 is 2.47 bits per heavy atom.